The minimum atomic E-state index is 0.943. The molecule has 0 radical (unpaired) electrons. The fourth-order valence-electron chi connectivity index (χ4n) is 0.747. The van der Waals surface area contributed by atoms with Crippen LogP contribution in [0.4, 0.5) is 0 Å². The molecule has 0 saturated carbocycles. The van der Waals surface area contributed by atoms with E-state index in [0.717, 1.165) is 17.7 Å². The summed E-state index contributed by atoms with van der Waals surface area (Å²) < 4.78 is 0. The van der Waals surface area contributed by atoms with Crippen molar-refractivity contribution in [3.8, 4) is 0 Å². The Labute approximate surface area is 95.3 Å². The first-order valence-corrected chi connectivity index (χ1v) is 5.62. The molecule has 0 fully saturated rings. The predicted molar refractivity (Wildman–Crippen MR) is 71.6 cm³/mol. The zero-order valence-electron chi connectivity index (χ0n) is 10.8. The van der Waals surface area contributed by atoms with Crippen LogP contribution in [-0.2, 0) is 0 Å². The maximum atomic E-state index is 3.91. The summed E-state index contributed by atoms with van der Waals surface area (Å²) in [5.74, 6) is 0. The normalized spacial score (nSPS) is 11.4. The number of hydrogen-bond donors (Lipinski definition) is 1. The van der Waals surface area contributed by atoms with Crippen LogP contribution in [0.25, 0.3) is 0 Å². The van der Waals surface area contributed by atoms with Gasteiger partial charge >= 0.3 is 0 Å². The Bertz CT molecular complexity index is 232. The number of nitrogens with one attached hydrogen (secondary N) is 1. The Kier molecular flexibility index (Phi) is 13.8. The monoisotopic (exact) mass is 207 g/mol. The van der Waals surface area contributed by atoms with Gasteiger partial charge in [0.1, 0.15) is 0 Å². The average molecular weight is 207 g/mol. The molecule has 0 aliphatic heterocycles. The third kappa shape index (κ3) is 10.7. The molecular formula is C14H25N. The molecule has 86 valence electrons. The van der Waals surface area contributed by atoms with Gasteiger partial charge in [0.15, 0.2) is 0 Å². The SMILES string of the molecule is C=C(N/C=C/C)/C(C)=C\C=C/CC.CC. The van der Waals surface area contributed by atoms with E-state index in [4.69, 9.17) is 0 Å². The van der Waals surface area contributed by atoms with Gasteiger partial charge in [0.25, 0.3) is 0 Å². The Morgan fingerprint density at radius 3 is 2.40 bits per heavy atom. The molecule has 0 aromatic rings. The Morgan fingerprint density at radius 1 is 1.33 bits per heavy atom. The van der Waals surface area contributed by atoms with Crippen molar-refractivity contribution < 1.29 is 0 Å². The summed E-state index contributed by atoms with van der Waals surface area (Å²) in [6, 6.07) is 0. The van der Waals surface area contributed by atoms with Crippen LogP contribution < -0.4 is 5.32 Å². The number of hydrogen-bond acceptors (Lipinski definition) is 1. The van der Waals surface area contributed by atoms with Crippen molar-refractivity contribution in [2.24, 2.45) is 0 Å². The molecule has 0 bridgehead atoms. The topological polar surface area (TPSA) is 12.0 Å². The Morgan fingerprint density at radius 2 is 1.93 bits per heavy atom. The molecular weight excluding hydrogens is 182 g/mol. The summed E-state index contributed by atoms with van der Waals surface area (Å²) in [6.45, 7) is 14.0. The zero-order valence-corrected chi connectivity index (χ0v) is 10.8. The van der Waals surface area contributed by atoms with E-state index in [1.807, 2.05) is 40.0 Å². The average Bonchev–Trinajstić information content (AvgIpc) is 2.28. The maximum absolute atomic E-state index is 3.91. The molecule has 0 aliphatic rings. The minimum absolute atomic E-state index is 0.943. The summed E-state index contributed by atoms with van der Waals surface area (Å²) >= 11 is 0. The van der Waals surface area contributed by atoms with Crippen molar-refractivity contribution in [1.82, 2.24) is 5.32 Å². The zero-order chi connectivity index (χ0) is 12.1. The molecule has 1 heteroatoms. The van der Waals surface area contributed by atoms with Crippen LogP contribution >= 0.6 is 0 Å². The van der Waals surface area contributed by atoms with Crippen molar-refractivity contribution >= 4 is 0 Å². The lowest BCUT2D eigenvalue weighted by Gasteiger charge is -2.03. The van der Waals surface area contributed by atoms with E-state index >= 15 is 0 Å². The first-order valence-electron chi connectivity index (χ1n) is 5.62. The summed E-state index contributed by atoms with van der Waals surface area (Å²) in [5.41, 5.74) is 2.10. The van der Waals surface area contributed by atoms with E-state index in [0.29, 0.717) is 0 Å². The van der Waals surface area contributed by atoms with E-state index in [2.05, 4.69) is 37.0 Å². The summed E-state index contributed by atoms with van der Waals surface area (Å²) in [6.07, 6.45) is 11.1. The highest BCUT2D eigenvalue weighted by molar-refractivity contribution is 5.29. The van der Waals surface area contributed by atoms with Gasteiger partial charge in [-0.2, -0.15) is 0 Å². The lowest BCUT2D eigenvalue weighted by molar-refractivity contribution is 1.07. The standard InChI is InChI=1S/C12H19N.C2H6/c1-5-7-8-9-11(3)12(4)13-10-6-2;1-2/h6-10,13H,4-5H2,1-3H3;1-2H3/b8-7-,10-6+,11-9-;. The van der Waals surface area contributed by atoms with E-state index in [1.165, 1.54) is 0 Å². The van der Waals surface area contributed by atoms with Gasteiger partial charge in [0, 0.05) is 5.70 Å². The molecule has 0 amide bonds. The van der Waals surface area contributed by atoms with Crippen molar-refractivity contribution in [1.29, 1.82) is 0 Å². The predicted octanol–water partition coefficient (Wildman–Crippen LogP) is 4.56. The Balaban J connectivity index is 0. The van der Waals surface area contributed by atoms with Crippen molar-refractivity contribution in [2.45, 2.75) is 41.0 Å². The van der Waals surface area contributed by atoms with E-state index in [1.54, 1.807) is 0 Å². The molecule has 0 heterocycles. The fourth-order valence-corrected chi connectivity index (χ4v) is 0.747. The van der Waals surface area contributed by atoms with Crippen molar-refractivity contribution in [3.63, 3.8) is 0 Å². The second-order valence-electron chi connectivity index (χ2n) is 2.81. The maximum Gasteiger partial charge on any atom is 0.0336 e. The van der Waals surface area contributed by atoms with Crippen molar-refractivity contribution in [3.05, 3.63) is 48.4 Å². The van der Waals surface area contributed by atoms with Gasteiger partial charge in [-0.05, 0) is 32.0 Å². The molecule has 0 saturated heterocycles. The summed E-state index contributed by atoms with van der Waals surface area (Å²) in [5, 5.41) is 3.08. The van der Waals surface area contributed by atoms with Crippen LogP contribution in [0.15, 0.2) is 48.4 Å². The molecule has 0 atom stereocenters. The smallest absolute Gasteiger partial charge is 0.0336 e. The Hall–Kier alpha value is -1.24. The van der Waals surface area contributed by atoms with Gasteiger partial charge < -0.3 is 5.32 Å². The molecule has 15 heavy (non-hydrogen) atoms. The van der Waals surface area contributed by atoms with Crippen LogP contribution in [0.5, 0.6) is 0 Å². The van der Waals surface area contributed by atoms with Crippen LogP contribution in [0.2, 0.25) is 0 Å². The number of rotatable bonds is 5. The van der Waals surface area contributed by atoms with Crippen LogP contribution in [0.1, 0.15) is 41.0 Å². The van der Waals surface area contributed by atoms with Gasteiger partial charge in [-0.25, -0.2) is 0 Å². The molecule has 0 unspecified atom stereocenters. The van der Waals surface area contributed by atoms with Gasteiger partial charge in [0.2, 0.25) is 0 Å². The van der Waals surface area contributed by atoms with Crippen LogP contribution in [0.3, 0.4) is 0 Å². The minimum Gasteiger partial charge on any atom is -0.362 e. The van der Waals surface area contributed by atoms with Gasteiger partial charge in [0.05, 0.1) is 0 Å². The third-order valence-electron chi connectivity index (χ3n) is 1.62. The quantitative estimate of drug-likeness (QED) is 0.651. The highest BCUT2D eigenvalue weighted by Gasteiger charge is 1.90. The van der Waals surface area contributed by atoms with Crippen LogP contribution in [0, 0.1) is 0 Å². The number of allylic oxidation sites excluding steroid dienone is 5. The first-order chi connectivity index (χ1) is 7.22. The molecule has 0 spiro atoms. The van der Waals surface area contributed by atoms with E-state index < -0.39 is 0 Å². The largest absolute Gasteiger partial charge is 0.362 e. The third-order valence-corrected chi connectivity index (χ3v) is 1.62. The molecule has 0 aromatic heterocycles. The van der Waals surface area contributed by atoms with E-state index in [-0.39, 0.29) is 0 Å². The highest BCUT2D eigenvalue weighted by atomic mass is 14.8. The lowest BCUT2D eigenvalue weighted by atomic mass is 10.2. The second kappa shape index (κ2) is 12.8. The molecule has 0 aliphatic carbocycles. The molecule has 0 aromatic carbocycles. The van der Waals surface area contributed by atoms with Gasteiger partial charge in [-0.15, -0.1) is 0 Å². The van der Waals surface area contributed by atoms with Crippen molar-refractivity contribution in [2.75, 3.05) is 0 Å². The summed E-state index contributed by atoms with van der Waals surface area (Å²) in [7, 11) is 0. The van der Waals surface area contributed by atoms with Gasteiger partial charge in [-0.3, -0.25) is 0 Å². The first kappa shape index (κ1) is 16.2. The van der Waals surface area contributed by atoms with Gasteiger partial charge in [-0.1, -0.05) is 51.7 Å². The summed E-state index contributed by atoms with van der Waals surface area (Å²) in [4.78, 5) is 0. The molecule has 1 nitrogen and oxygen atoms in total. The van der Waals surface area contributed by atoms with E-state index in [9.17, 15) is 0 Å². The molecule has 1 N–H and O–H groups in total. The highest BCUT2D eigenvalue weighted by Crippen LogP contribution is 2.03. The second-order valence-corrected chi connectivity index (χ2v) is 2.81. The van der Waals surface area contributed by atoms with Crippen LogP contribution in [-0.4, -0.2) is 0 Å². The molecule has 0 rings (SSSR count). The lowest BCUT2D eigenvalue weighted by Crippen LogP contribution is -2.03. The fraction of sp³-hybridized carbons (Fsp3) is 0.429.